The summed E-state index contributed by atoms with van der Waals surface area (Å²) in [6.45, 7) is 0. The van der Waals surface area contributed by atoms with E-state index in [0.29, 0.717) is 0 Å². The quantitative estimate of drug-likeness (QED) is 0.467. The van der Waals surface area contributed by atoms with Crippen LogP contribution in [0.2, 0.25) is 0 Å². The Hall–Kier alpha value is -0.640. The second-order valence-corrected chi connectivity index (χ2v) is 6.85. The van der Waals surface area contributed by atoms with Crippen LogP contribution in [0, 0.1) is 0 Å². The Balaban J connectivity index is 2.09. The van der Waals surface area contributed by atoms with Crippen molar-refractivity contribution in [3.8, 4) is 0 Å². The van der Waals surface area contributed by atoms with Crippen molar-refractivity contribution in [2.75, 3.05) is 0 Å². The number of alkyl halides is 1. The number of fused-ring (bicyclic) bond motifs is 1. The van der Waals surface area contributed by atoms with Crippen molar-refractivity contribution in [1.82, 2.24) is 0 Å². The summed E-state index contributed by atoms with van der Waals surface area (Å²) in [5.74, 6) is 0. The predicted molar refractivity (Wildman–Crippen MR) is 86.7 cm³/mol. The first-order chi connectivity index (χ1) is 8.75. The van der Waals surface area contributed by atoms with E-state index in [4.69, 9.17) is 0 Å². The van der Waals surface area contributed by atoms with E-state index < -0.39 is 0 Å². The van der Waals surface area contributed by atoms with Gasteiger partial charge in [-0.2, -0.15) is 0 Å². The molecule has 0 N–H and O–H groups in total. The Morgan fingerprint density at radius 1 is 1.00 bits per heavy atom. The molecule has 18 heavy (non-hydrogen) atoms. The van der Waals surface area contributed by atoms with Crippen LogP contribution in [-0.2, 0) is 0 Å². The lowest BCUT2D eigenvalue weighted by atomic mass is 10.0. The minimum absolute atomic E-state index is 0.242. The standard InChI is InChI=1S/C15H10Br2S/c16-11-5-3-4-10(8-11)15(17)13-9-18-14-7-2-1-6-12(13)14/h1-9,15H. The van der Waals surface area contributed by atoms with Crippen LogP contribution in [0.5, 0.6) is 0 Å². The van der Waals surface area contributed by atoms with Gasteiger partial charge < -0.3 is 0 Å². The Morgan fingerprint density at radius 2 is 1.83 bits per heavy atom. The summed E-state index contributed by atoms with van der Waals surface area (Å²) in [6, 6.07) is 17.0. The molecular formula is C15H10Br2S. The average molecular weight is 382 g/mol. The molecule has 3 heteroatoms. The monoisotopic (exact) mass is 380 g/mol. The van der Waals surface area contributed by atoms with Gasteiger partial charge in [0.05, 0.1) is 4.83 Å². The molecule has 1 aromatic heterocycles. The van der Waals surface area contributed by atoms with E-state index in [2.05, 4.69) is 85.8 Å². The smallest absolute Gasteiger partial charge is 0.0659 e. The molecule has 3 aromatic rings. The summed E-state index contributed by atoms with van der Waals surface area (Å²) >= 11 is 9.14. The van der Waals surface area contributed by atoms with Crippen LogP contribution in [0.1, 0.15) is 16.0 Å². The minimum atomic E-state index is 0.242. The highest BCUT2D eigenvalue weighted by Crippen LogP contribution is 2.38. The van der Waals surface area contributed by atoms with Gasteiger partial charge in [0.1, 0.15) is 0 Å². The fourth-order valence-electron chi connectivity index (χ4n) is 2.04. The van der Waals surface area contributed by atoms with E-state index >= 15 is 0 Å². The summed E-state index contributed by atoms with van der Waals surface area (Å²) in [4.78, 5) is 0.242. The molecule has 0 saturated carbocycles. The maximum Gasteiger partial charge on any atom is 0.0659 e. The van der Waals surface area contributed by atoms with Gasteiger partial charge in [-0.3, -0.25) is 0 Å². The van der Waals surface area contributed by atoms with E-state index in [0.717, 1.165) is 4.47 Å². The maximum absolute atomic E-state index is 3.81. The van der Waals surface area contributed by atoms with Gasteiger partial charge >= 0.3 is 0 Å². The summed E-state index contributed by atoms with van der Waals surface area (Å²) < 4.78 is 2.45. The Labute approximate surface area is 127 Å². The first kappa shape index (κ1) is 12.4. The topological polar surface area (TPSA) is 0 Å². The molecule has 1 unspecified atom stereocenters. The molecular weight excluding hydrogens is 372 g/mol. The summed E-state index contributed by atoms with van der Waals surface area (Å²) in [5, 5.41) is 3.58. The molecule has 0 nitrogen and oxygen atoms in total. The van der Waals surface area contributed by atoms with Crippen LogP contribution in [0.3, 0.4) is 0 Å². The van der Waals surface area contributed by atoms with Crippen LogP contribution in [0.4, 0.5) is 0 Å². The SMILES string of the molecule is Brc1cccc(C(Br)c2csc3ccccc23)c1. The first-order valence-electron chi connectivity index (χ1n) is 5.61. The van der Waals surface area contributed by atoms with Crippen molar-refractivity contribution >= 4 is 53.3 Å². The molecule has 2 aromatic carbocycles. The highest BCUT2D eigenvalue weighted by Gasteiger charge is 2.14. The Bertz CT molecular complexity index is 688. The molecule has 1 atom stereocenters. The van der Waals surface area contributed by atoms with Gasteiger partial charge in [0, 0.05) is 9.17 Å². The molecule has 0 fully saturated rings. The van der Waals surface area contributed by atoms with Gasteiger partial charge in [0.2, 0.25) is 0 Å². The average Bonchev–Trinajstić information content (AvgIpc) is 2.82. The molecule has 0 spiro atoms. The van der Waals surface area contributed by atoms with Crippen molar-refractivity contribution in [2.45, 2.75) is 4.83 Å². The third-order valence-corrected chi connectivity index (χ3v) is 5.42. The highest BCUT2D eigenvalue weighted by atomic mass is 79.9. The predicted octanol–water partition coefficient (Wildman–Crippen LogP) is 6.15. The molecule has 0 aliphatic heterocycles. The van der Waals surface area contributed by atoms with Crippen molar-refractivity contribution in [3.05, 3.63) is 69.5 Å². The first-order valence-corrected chi connectivity index (χ1v) is 8.20. The summed E-state index contributed by atoms with van der Waals surface area (Å²) in [7, 11) is 0. The Morgan fingerprint density at radius 3 is 2.67 bits per heavy atom. The normalized spacial score (nSPS) is 12.8. The molecule has 3 rings (SSSR count). The van der Waals surface area contributed by atoms with Crippen LogP contribution in [0.25, 0.3) is 10.1 Å². The molecule has 1 heterocycles. The zero-order chi connectivity index (χ0) is 12.5. The number of hydrogen-bond donors (Lipinski definition) is 0. The second-order valence-electron chi connectivity index (χ2n) is 4.10. The lowest BCUT2D eigenvalue weighted by Crippen LogP contribution is -1.91. The number of hydrogen-bond acceptors (Lipinski definition) is 1. The number of rotatable bonds is 2. The van der Waals surface area contributed by atoms with Gasteiger partial charge in [-0.05, 0) is 40.1 Å². The van der Waals surface area contributed by atoms with Crippen LogP contribution < -0.4 is 0 Å². The lowest BCUT2D eigenvalue weighted by Gasteiger charge is -2.10. The van der Waals surface area contributed by atoms with Crippen LogP contribution in [-0.4, -0.2) is 0 Å². The fraction of sp³-hybridized carbons (Fsp3) is 0.0667. The number of halogens is 2. The van der Waals surface area contributed by atoms with E-state index in [9.17, 15) is 0 Å². The molecule has 0 radical (unpaired) electrons. The van der Waals surface area contributed by atoms with Crippen molar-refractivity contribution < 1.29 is 0 Å². The fourth-order valence-corrected chi connectivity index (χ4v) is 4.28. The molecule has 0 saturated heterocycles. The molecule has 0 bridgehead atoms. The second kappa shape index (κ2) is 5.16. The van der Waals surface area contributed by atoms with Crippen LogP contribution >= 0.6 is 43.2 Å². The number of thiophene rings is 1. The van der Waals surface area contributed by atoms with Crippen LogP contribution in [0.15, 0.2) is 58.4 Å². The van der Waals surface area contributed by atoms with E-state index in [-0.39, 0.29) is 4.83 Å². The summed E-state index contributed by atoms with van der Waals surface area (Å²) in [5.41, 5.74) is 2.61. The van der Waals surface area contributed by atoms with Crippen molar-refractivity contribution in [2.24, 2.45) is 0 Å². The highest BCUT2D eigenvalue weighted by molar-refractivity contribution is 9.10. The minimum Gasteiger partial charge on any atom is -0.143 e. The number of benzene rings is 2. The third-order valence-electron chi connectivity index (χ3n) is 2.93. The van der Waals surface area contributed by atoms with Gasteiger partial charge in [0.25, 0.3) is 0 Å². The van der Waals surface area contributed by atoms with Gasteiger partial charge in [-0.15, -0.1) is 11.3 Å². The van der Waals surface area contributed by atoms with Crippen molar-refractivity contribution in [3.63, 3.8) is 0 Å². The summed E-state index contributed by atoms with van der Waals surface area (Å²) in [6.07, 6.45) is 0. The van der Waals surface area contributed by atoms with Gasteiger partial charge in [-0.25, -0.2) is 0 Å². The van der Waals surface area contributed by atoms with E-state index in [1.807, 2.05) is 0 Å². The van der Waals surface area contributed by atoms with Gasteiger partial charge in [0.15, 0.2) is 0 Å². The zero-order valence-corrected chi connectivity index (χ0v) is 13.4. The van der Waals surface area contributed by atoms with Gasteiger partial charge in [-0.1, -0.05) is 62.2 Å². The van der Waals surface area contributed by atoms with E-state index in [1.54, 1.807) is 11.3 Å². The third kappa shape index (κ3) is 2.27. The maximum atomic E-state index is 3.81. The lowest BCUT2D eigenvalue weighted by molar-refractivity contribution is 1.20. The van der Waals surface area contributed by atoms with Crippen molar-refractivity contribution in [1.29, 1.82) is 0 Å². The largest absolute Gasteiger partial charge is 0.143 e. The Kier molecular flexibility index (Phi) is 3.55. The zero-order valence-electron chi connectivity index (χ0n) is 9.44. The van der Waals surface area contributed by atoms with E-state index in [1.165, 1.54) is 21.2 Å². The molecule has 0 amide bonds. The molecule has 90 valence electrons. The molecule has 0 aliphatic carbocycles. The molecule has 0 aliphatic rings.